The first kappa shape index (κ1) is 39.3. The van der Waals surface area contributed by atoms with Crippen molar-refractivity contribution >= 4 is 27.5 Å². The maximum atomic E-state index is 13.0. The number of likely N-dealkylation sites (tertiary alicyclic amines) is 1. The van der Waals surface area contributed by atoms with Gasteiger partial charge in [-0.05, 0) is 136 Å². The molecule has 4 aromatic carbocycles. The quantitative estimate of drug-likeness (QED) is 0.149. The molecule has 9 heteroatoms. The Hall–Kier alpha value is -4.18. The van der Waals surface area contributed by atoms with Crippen LogP contribution in [-0.4, -0.2) is 71.1 Å². The average molecular weight is 860 g/mol. The molecule has 0 aromatic heterocycles. The van der Waals surface area contributed by atoms with Gasteiger partial charge in [-0.2, -0.15) is 0 Å². The van der Waals surface area contributed by atoms with Crippen molar-refractivity contribution in [2.45, 2.75) is 70.6 Å². The summed E-state index contributed by atoms with van der Waals surface area (Å²) in [7, 11) is 6.44. The molecule has 2 unspecified atom stereocenters. The number of alkyl halides is 1. The van der Waals surface area contributed by atoms with Crippen LogP contribution in [0, 0.1) is 23.7 Å². The zero-order valence-corrected chi connectivity index (χ0v) is 35.2. The fourth-order valence-electron chi connectivity index (χ4n) is 8.57. The molecule has 312 valence electrons. The second kappa shape index (κ2) is 22.3. The first-order valence-electron chi connectivity index (χ1n) is 22.1. The van der Waals surface area contributed by atoms with Crippen molar-refractivity contribution in [1.29, 1.82) is 0 Å². The minimum absolute atomic E-state index is 0. The van der Waals surface area contributed by atoms with Crippen LogP contribution < -0.4 is 24.3 Å². The third-order valence-corrected chi connectivity index (χ3v) is 12.1. The molecule has 2 fully saturated rings. The molecule has 8 rings (SSSR count). The van der Waals surface area contributed by atoms with E-state index in [0.717, 1.165) is 73.9 Å². The standard InChI is InChI=1S/C24H29NO3.C17H23NO3.C7H7Br.CH4/c1-27-22-14-19-13-20(24(26)21(19)15-23(22)28-2)12-17-8-10-25(11-9-17)16-18-6-4-3-5-7-18;1-20-15-9-12-8-13(7-11-3-5-18-6-4-11)17(19)14(12)10-16(15)21-2;8-6-7-4-2-1-3-5-7;/h3-7,14-15,17,20H,8-13,16H2,1-2H3;9-11,13,18H,3-8H2,1-2H3;1-5H,6H2;1H4/i16D2;;6D2;. The highest BCUT2D eigenvalue weighted by Crippen LogP contribution is 2.41. The van der Waals surface area contributed by atoms with E-state index in [-0.39, 0.29) is 30.8 Å². The van der Waals surface area contributed by atoms with Crippen molar-refractivity contribution in [3.63, 3.8) is 0 Å². The van der Waals surface area contributed by atoms with Gasteiger partial charge in [0.25, 0.3) is 0 Å². The second-order valence-corrected chi connectivity index (χ2v) is 15.7. The van der Waals surface area contributed by atoms with Gasteiger partial charge in [-0.3, -0.25) is 14.5 Å². The number of halogens is 1. The third-order valence-electron chi connectivity index (χ3n) is 11.7. The lowest BCUT2D eigenvalue weighted by Crippen LogP contribution is -2.34. The molecule has 4 aromatic rings. The number of carbonyl (C=O) groups is 2. The molecule has 0 radical (unpaired) electrons. The van der Waals surface area contributed by atoms with Gasteiger partial charge < -0.3 is 24.3 Å². The van der Waals surface area contributed by atoms with Gasteiger partial charge in [0.05, 0.1) is 28.4 Å². The number of nitrogens with one attached hydrogen (secondary N) is 1. The van der Waals surface area contributed by atoms with Gasteiger partial charge in [-0.1, -0.05) is 84.0 Å². The van der Waals surface area contributed by atoms with Crippen LogP contribution in [0.2, 0.25) is 0 Å². The molecule has 2 atom stereocenters. The average Bonchev–Trinajstić information content (AvgIpc) is 3.75. The molecule has 0 saturated carbocycles. The minimum atomic E-state index is -1.46. The van der Waals surface area contributed by atoms with E-state index >= 15 is 0 Å². The molecule has 0 spiro atoms. The minimum Gasteiger partial charge on any atom is -0.493 e. The van der Waals surface area contributed by atoms with E-state index in [1.165, 1.54) is 12.8 Å². The highest BCUT2D eigenvalue weighted by molar-refractivity contribution is 9.08. The van der Waals surface area contributed by atoms with Crippen LogP contribution in [0.15, 0.2) is 84.9 Å². The van der Waals surface area contributed by atoms with Crippen LogP contribution >= 0.6 is 15.9 Å². The normalized spacial score (nSPS) is 20.6. The molecular weight excluding hydrogens is 792 g/mol. The molecule has 2 saturated heterocycles. The number of ketones is 2. The van der Waals surface area contributed by atoms with Crippen LogP contribution in [0.25, 0.3) is 0 Å². The summed E-state index contributed by atoms with van der Waals surface area (Å²) in [5.74, 6) is 4.37. The number of nitrogens with zero attached hydrogens (tertiary/aromatic N) is 1. The third kappa shape index (κ3) is 11.5. The lowest BCUT2D eigenvalue weighted by atomic mass is 9.85. The summed E-state index contributed by atoms with van der Waals surface area (Å²) in [5, 5.41) is 1.99. The van der Waals surface area contributed by atoms with E-state index in [1.54, 1.807) is 40.6 Å². The second-order valence-electron chi connectivity index (χ2n) is 15.3. The number of hydrogen-bond donors (Lipinski definition) is 1. The Kier molecular flexibility index (Phi) is 15.1. The fourth-order valence-corrected chi connectivity index (χ4v) is 8.84. The largest absolute Gasteiger partial charge is 0.493 e. The van der Waals surface area contributed by atoms with Gasteiger partial charge in [-0.25, -0.2) is 0 Å². The Bertz CT molecular complexity index is 2090. The van der Waals surface area contributed by atoms with Crippen LogP contribution in [0.4, 0.5) is 0 Å². The van der Waals surface area contributed by atoms with Crippen LogP contribution in [0.3, 0.4) is 0 Å². The molecule has 2 aliphatic carbocycles. The predicted molar refractivity (Wildman–Crippen MR) is 237 cm³/mol. The van der Waals surface area contributed by atoms with Gasteiger partial charge in [0.15, 0.2) is 34.6 Å². The summed E-state index contributed by atoms with van der Waals surface area (Å²) >= 11 is 2.92. The number of carbonyl (C=O) groups excluding carboxylic acids is 2. The Morgan fingerprint density at radius 3 is 1.47 bits per heavy atom. The monoisotopic (exact) mass is 858 g/mol. The first-order valence-corrected chi connectivity index (χ1v) is 20.9. The van der Waals surface area contributed by atoms with E-state index in [4.69, 9.17) is 24.4 Å². The van der Waals surface area contributed by atoms with Crippen molar-refractivity contribution in [1.82, 2.24) is 10.2 Å². The van der Waals surface area contributed by atoms with E-state index < -0.39 is 11.8 Å². The maximum Gasteiger partial charge on any atom is 0.166 e. The van der Waals surface area contributed by atoms with Crippen LogP contribution in [-0.2, 0) is 24.6 Å². The number of piperidine rings is 2. The van der Waals surface area contributed by atoms with Crippen molar-refractivity contribution in [2.24, 2.45) is 23.7 Å². The molecule has 1 N–H and O–H groups in total. The summed E-state index contributed by atoms with van der Waals surface area (Å²) in [6, 6.07) is 25.9. The molecular formula is C49H63BrN2O6. The lowest BCUT2D eigenvalue weighted by Gasteiger charge is -2.32. The molecule has 0 amide bonds. The van der Waals surface area contributed by atoms with Crippen molar-refractivity contribution in [3.8, 4) is 23.0 Å². The zero-order chi connectivity index (χ0) is 43.7. The molecule has 8 nitrogen and oxygen atoms in total. The summed E-state index contributed by atoms with van der Waals surface area (Å²) in [6.07, 6.45) is 7.68. The van der Waals surface area contributed by atoms with Gasteiger partial charge >= 0.3 is 0 Å². The Morgan fingerprint density at radius 2 is 1.05 bits per heavy atom. The smallest absolute Gasteiger partial charge is 0.166 e. The lowest BCUT2D eigenvalue weighted by molar-refractivity contribution is 0.0893. The number of ether oxygens (including phenoxy) is 4. The van der Waals surface area contributed by atoms with Crippen molar-refractivity contribution in [2.75, 3.05) is 54.6 Å². The van der Waals surface area contributed by atoms with E-state index in [0.29, 0.717) is 59.1 Å². The number of fused-ring (bicyclic) bond motifs is 2. The first-order chi connectivity index (χ1) is 29.3. The number of methoxy groups -OCH3 is 4. The number of benzene rings is 4. The summed E-state index contributed by atoms with van der Waals surface area (Å²) in [5.41, 5.74) is 5.09. The zero-order valence-electron chi connectivity index (χ0n) is 37.7. The Labute approximate surface area is 360 Å². The topological polar surface area (TPSA) is 86.3 Å². The van der Waals surface area contributed by atoms with E-state index in [2.05, 4.69) is 21.2 Å². The number of hydrogen-bond acceptors (Lipinski definition) is 8. The highest BCUT2D eigenvalue weighted by atomic mass is 79.9. The predicted octanol–water partition coefficient (Wildman–Crippen LogP) is 10.0. The number of rotatable bonds is 11. The Morgan fingerprint density at radius 1 is 0.638 bits per heavy atom. The van der Waals surface area contributed by atoms with Crippen LogP contribution in [0.5, 0.6) is 23.0 Å². The molecule has 2 heterocycles. The maximum absolute atomic E-state index is 13.0. The van der Waals surface area contributed by atoms with Crippen molar-refractivity contribution in [3.05, 3.63) is 118 Å². The van der Waals surface area contributed by atoms with E-state index in [9.17, 15) is 9.59 Å². The molecule has 0 bridgehead atoms. The molecule has 4 aliphatic rings. The molecule has 2 aliphatic heterocycles. The summed E-state index contributed by atoms with van der Waals surface area (Å²) in [4.78, 5) is 27.5. The Balaban J connectivity index is 0.000000196. The van der Waals surface area contributed by atoms with Gasteiger partial charge in [0.2, 0.25) is 0 Å². The summed E-state index contributed by atoms with van der Waals surface area (Å²) in [6.45, 7) is 2.13. The summed E-state index contributed by atoms with van der Waals surface area (Å²) < 4.78 is 53.0. The molecule has 58 heavy (non-hydrogen) atoms. The highest BCUT2D eigenvalue weighted by Gasteiger charge is 2.35. The fraction of sp³-hybridized carbons (Fsp3) is 0.469. The van der Waals surface area contributed by atoms with Crippen molar-refractivity contribution < 1.29 is 34.0 Å². The van der Waals surface area contributed by atoms with Gasteiger partial charge in [-0.15, -0.1) is 0 Å². The van der Waals surface area contributed by atoms with Gasteiger partial charge in [0.1, 0.15) is 0 Å². The van der Waals surface area contributed by atoms with Gasteiger partial charge in [0, 0.05) is 40.2 Å². The number of Topliss-reactive ketones (excluding diaryl/α,β-unsaturated/α-hetero) is 2. The van der Waals surface area contributed by atoms with E-state index in [1.807, 2.05) is 77.7 Å². The van der Waals surface area contributed by atoms with Crippen LogP contribution in [0.1, 0.15) is 94.4 Å². The SMILES string of the molecule is C.COc1cc2c(cc1OC)C(=O)C(CC1CCNCC1)C2.[2H]C([2H])(Br)c1ccccc1.[2H]C([2H])(c1ccccc1)N1CCC(CC2Cc3cc(OC)c(OC)cc3C2=O)CC1.